The van der Waals surface area contributed by atoms with E-state index in [1.807, 2.05) is 6.92 Å². The van der Waals surface area contributed by atoms with Crippen molar-refractivity contribution in [1.29, 1.82) is 0 Å². The second kappa shape index (κ2) is 6.98. The van der Waals surface area contributed by atoms with Crippen LogP contribution in [0, 0.1) is 6.92 Å². The number of nitrogen functional groups attached to an aromatic ring is 1. The van der Waals surface area contributed by atoms with E-state index in [1.54, 1.807) is 18.2 Å². The van der Waals surface area contributed by atoms with Gasteiger partial charge in [-0.3, -0.25) is 9.59 Å². The Hall–Kier alpha value is -2.77. The van der Waals surface area contributed by atoms with Gasteiger partial charge < -0.3 is 26.2 Å². The van der Waals surface area contributed by atoms with Gasteiger partial charge in [0.1, 0.15) is 13.1 Å². The number of ether oxygens (including phenoxy) is 1. The average Bonchev–Trinajstić information content (AvgIpc) is 2.38. The number of nitrogens with two attached hydrogens (primary N) is 1. The number of amides is 2. The fraction of sp³-hybridized carbons (Fsp3) is 0.250. The standard InChI is InChI=1S/C12H15N3O5/c1-7-2-3-8(13)9(4-7)20-12(19)15-5-10(16)14-6-11(17)18/h2-4H,5-6,13H2,1H3,(H,14,16)(H,15,19)(H,17,18). The number of rotatable bonds is 5. The van der Waals surface area contributed by atoms with Crippen molar-refractivity contribution in [2.75, 3.05) is 18.8 Å². The molecule has 5 N–H and O–H groups in total. The molecule has 0 aliphatic rings. The summed E-state index contributed by atoms with van der Waals surface area (Å²) in [4.78, 5) is 32.8. The van der Waals surface area contributed by atoms with Crippen LogP contribution < -0.4 is 21.1 Å². The highest BCUT2D eigenvalue weighted by Gasteiger charge is 2.10. The number of anilines is 1. The summed E-state index contributed by atoms with van der Waals surface area (Å²) in [6.07, 6.45) is -0.854. The molecule has 0 heterocycles. The minimum atomic E-state index is -1.17. The van der Waals surface area contributed by atoms with Crippen molar-refractivity contribution in [1.82, 2.24) is 10.6 Å². The van der Waals surface area contributed by atoms with Crippen molar-refractivity contribution in [2.24, 2.45) is 0 Å². The van der Waals surface area contributed by atoms with Gasteiger partial charge in [0.05, 0.1) is 5.69 Å². The monoisotopic (exact) mass is 281 g/mol. The second-order valence-corrected chi connectivity index (χ2v) is 3.95. The van der Waals surface area contributed by atoms with Crippen molar-refractivity contribution >= 4 is 23.7 Å². The zero-order chi connectivity index (χ0) is 15.1. The van der Waals surface area contributed by atoms with Gasteiger partial charge in [0, 0.05) is 0 Å². The zero-order valence-electron chi connectivity index (χ0n) is 10.8. The topological polar surface area (TPSA) is 131 Å². The fourth-order valence-corrected chi connectivity index (χ4v) is 1.26. The minimum Gasteiger partial charge on any atom is -0.480 e. The molecule has 8 nitrogen and oxygen atoms in total. The molecule has 1 aromatic rings. The van der Waals surface area contributed by atoms with Crippen molar-refractivity contribution in [3.63, 3.8) is 0 Å². The third-order valence-corrected chi connectivity index (χ3v) is 2.20. The summed E-state index contributed by atoms with van der Waals surface area (Å²) in [5.74, 6) is -1.62. The van der Waals surface area contributed by atoms with E-state index < -0.39 is 31.1 Å². The lowest BCUT2D eigenvalue weighted by Crippen LogP contribution is -2.40. The van der Waals surface area contributed by atoms with E-state index in [2.05, 4.69) is 10.6 Å². The van der Waals surface area contributed by atoms with Gasteiger partial charge in [0.2, 0.25) is 5.91 Å². The van der Waals surface area contributed by atoms with Crippen LogP contribution in [0.3, 0.4) is 0 Å². The Morgan fingerprint density at radius 1 is 1.25 bits per heavy atom. The van der Waals surface area contributed by atoms with Gasteiger partial charge in [-0.1, -0.05) is 6.07 Å². The summed E-state index contributed by atoms with van der Waals surface area (Å²) >= 11 is 0. The summed E-state index contributed by atoms with van der Waals surface area (Å²) in [7, 11) is 0. The molecular formula is C12H15N3O5. The lowest BCUT2D eigenvalue weighted by Gasteiger charge is -2.09. The van der Waals surface area contributed by atoms with Crippen LogP contribution in [-0.4, -0.2) is 36.2 Å². The van der Waals surface area contributed by atoms with Crippen LogP contribution in [0.1, 0.15) is 5.56 Å². The number of carboxylic acid groups (broad SMARTS) is 1. The predicted molar refractivity (Wildman–Crippen MR) is 70.3 cm³/mol. The van der Waals surface area contributed by atoms with Crippen LogP contribution in [0.25, 0.3) is 0 Å². The van der Waals surface area contributed by atoms with E-state index in [1.165, 1.54) is 0 Å². The highest BCUT2D eigenvalue weighted by molar-refractivity contribution is 5.85. The summed E-state index contributed by atoms with van der Waals surface area (Å²) in [5, 5.41) is 12.6. The van der Waals surface area contributed by atoms with Crippen LogP contribution in [0.2, 0.25) is 0 Å². The molecular weight excluding hydrogens is 266 g/mol. The van der Waals surface area contributed by atoms with Crippen LogP contribution in [0.5, 0.6) is 5.75 Å². The number of hydrogen-bond donors (Lipinski definition) is 4. The Labute approximate surface area is 114 Å². The third kappa shape index (κ3) is 5.25. The van der Waals surface area contributed by atoms with Crippen LogP contribution in [0.4, 0.5) is 10.5 Å². The molecule has 2 amide bonds. The van der Waals surface area contributed by atoms with Gasteiger partial charge in [-0.25, -0.2) is 4.79 Å². The van der Waals surface area contributed by atoms with Gasteiger partial charge in [-0.15, -0.1) is 0 Å². The molecule has 0 aliphatic carbocycles. The molecule has 0 radical (unpaired) electrons. The highest BCUT2D eigenvalue weighted by Crippen LogP contribution is 2.22. The molecule has 0 aromatic heterocycles. The van der Waals surface area contributed by atoms with E-state index in [4.69, 9.17) is 15.6 Å². The van der Waals surface area contributed by atoms with Gasteiger partial charge in [0.15, 0.2) is 5.75 Å². The van der Waals surface area contributed by atoms with E-state index >= 15 is 0 Å². The molecule has 0 unspecified atom stereocenters. The maximum atomic E-state index is 11.4. The van der Waals surface area contributed by atoms with Crippen LogP contribution >= 0.6 is 0 Å². The molecule has 0 bridgehead atoms. The molecule has 0 atom stereocenters. The molecule has 108 valence electrons. The Bertz CT molecular complexity index is 530. The Balaban J connectivity index is 2.42. The molecule has 0 fully saturated rings. The number of carbonyl (C=O) groups is 3. The number of carboxylic acids is 1. The number of nitrogens with one attached hydrogen (secondary N) is 2. The number of benzene rings is 1. The van der Waals surface area contributed by atoms with E-state index in [0.29, 0.717) is 5.69 Å². The van der Waals surface area contributed by atoms with Crippen LogP contribution in [-0.2, 0) is 9.59 Å². The predicted octanol–water partition coefficient (Wildman–Crippen LogP) is -0.134. The second-order valence-electron chi connectivity index (χ2n) is 3.95. The van der Waals surface area contributed by atoms with E-state index in [-0.39, 0.29) is 5.75 Å². The summed E-state index contributed by atoms with van der Waals surface area (Å²) in [6.45, 7) is 0.905. The van der Waals surface area contributed by atoms with Crippen molar-refractivity contribution in [2.45, 2.75) is 6.92 Å². The van der Waals surface area contributed by atoms with Gasteiger partial charge in [-0.05, 0) is 24.6 Å². The lowest BCUT2D eigenvalue weighted by atomic mass is 10.2. The molecule has 1 rings (SSSR count). The molecule has 20 heavy (non-hydrogen) atoms. The van der Waals surface area contributed by atoms with E-state index in [0.717, 1.165) is 5.56 Å². The van der Waals surface area contributed by atoms with Gasteiger partial charge in [0.25, 0.3) is 0 Å². The first kappa shape index (κ1) is 15.3. The zero-order valence-corrected chi connectivity index (χ0v) is 10.8. The first-order chi connectivity index (χ1) is 9.38. The van der Waals surface area contributed by atoms with Gasteiger partial charge >= 0.3 is 12.1 Å². The minimum absolute atomic E-state index is 0.188. The SMILES string of the molecule is Cc1ccc(N)c(OC(=O)NCC(=O)NCC(=O)O)c1. The maximum absolute atomic E-state index is 11.4. The first-order valence-corrected chi connectivity index (χ1v) is 5.69. The van der Waals surface area contributed by atoms with Crippen molar-refractivity contribution < 1.29 is 24.2 Å². The first-order valence-electron chi connectivity index (χ1n) is 5.69. The summed E-state index contributed by atoms with van der Waals surface area (Å²) < 4.78 is 4.93. The number of carbonyl (C=O) groups excluding carboxylic acids is 2. The Kier molecular flexibility index (Phi) is 5.33. The van der Waals surface area contributed by atoms with E-state index in [9.17, 15) is 14.4 Å². The molecule has 1 aromatic carbocycles. The normalized spacial score (nSPS) is 9.65. The molecule has 0 saturated carbocycles. The van der Waals surface area contributed by atoms with Crippen molar-refractivity contribution in [3.8, 4) is 5.75 Å². The average molecular weight is 281 g/mol. The number of aryl methyl sites for hydroxylation is 1. The fourth-order valence-electron chi connectivity index (χ4n) is 1.26. The largest absolute Gasteiger partial charge is 0.480 e. The van der Waals surface area contributed by atoms with Gasteiger partial charge in [-0.2, -0.15) is 0 Å². The number of aliphatic carboxylic acids is 1. The smallest absolute Gasteiger partial charge is 0.413 e. The Morgan fingerprint density at radius 3 is 2.60 bits per heavy atom. The van der Waals surface area contributed by atoms with Crippen molar-refractivity contribution in [3.05, 3.63) is 23.8 Å². The molecule has 0 aliphatic heterocycles. The quantitative estimate of drug-likeness (QED) is 0.556. The third-order valence-electron chi connectivity index (χ3n) is 2.20. The Morgan fingerprint density at radius 2 is 1.95 bits per heavy atom. The molecule has 0 spiro atoms. The van der Waals surface area contributed by atoms with Crippen LogP contribution in [0.15, 0.2) is 18.2 Å². The molecule has 8 heteroatoms. The lowest BCUT2D eigenvalue weighted by molar-refractivity contribution is -0.137. The molecule has 0 saturated heterocycles. The number of hydrogen-bond acceptors (Lipinski definition) is 5. The summed E-state index contributed by atoms with van der Waals surface area (Å²) in [6, 6.07) is 4.94. The highest BCUT2D eigenvalue weighted by atomic mass is 16.6. The maximum Gasteiger partial charge on any atom is 0.413 e. The summed E-state index contributed by atoms with van der Waals surface area (Å²) in [5.41, 5.74) is 6.78.